The van der Waals surface area contributed by atoms with E-state index in [1.807, 2.05) is 0 Å². The Hall–Kier alpha value is -1.45. The number of hydrogen-bond donors (Lipinski definition) is 1. The van der Waals surface area contributed by atoms with E-state index in [9.17, 15) is 13.6 Å². The van der Waals surface area contributed by atoms with E-state index >= 15 is 0 Å². The van der Waals surface area contributed by atoms with Gasteiger partial charge in [0, 0.05) is 24.4 Å². The van der Waals surface area contributed by atoms with Crippen molar-refractivity contribution in [3.63, 3.8) is 0 Å². The Morgan fingerprint density at radius 2 is 1.64 bits per heavy atom. The van der Waals surface area contributed by atoms with Gasteiger partial charge >= 0.3 is 0 Å². The number of amides is 1. The lowest BCUT2D eigenvalue weighted by Crippen LogP contribution is -2.48. The first-order valence-corrected chi connectivity index (χ1v) is 10.9. The zero-order valence-corrected chi connectivity index (χ0v) is 17.0. The van der Waals surface area contributed by atoms with Gasteiger partial charge in [-0.1, -0.05) is 19.9 Å². The molecule has 4 heteroatoms. The summed E-state index contributed by atoms with van der Waals surface area (Å²) in [6.07, 6.45) is 9.21. The van der Waals surface area contributed by atoms with Crippen molar-refractivity contribution in [1.29, 1.82) is 0 Å². The fourth-order valence-corrected chi connectivity index (χ4v) is 7.60. The molecule has 5 aliphatic carbocycles. The average molecular weight is 388 g/mol. The highest BCUT2D eigenvalue weighted by atomic mass is 19.1. The maximum absolute atomic E-state index is 14.5. The van der Waals surface area contributed by atoms with Crippen LogP contribution in [0.15, 0.2) is 18.2 Å². The van der Waals surface area contributed by atoms with Crippen LogP contribution in [0, 0.1) is 40.2 Å². The lowest BCUT2D eigenvalue weighted by atomic mass is 9.49. The highest BCUT2D eigenvalue weighted by Gasteiger charge is 2.63. The predicted molar refractivity (Wildman–Crippen MR) is 105 cm³/mol. The van der Waals surface area contributed by atoms with Crippen molar-refractivity contribution in [3.05, 3.63) is 35.4 Å². The second-order valence-corrected chi connectivity index (χ2v) is 11.1. The molecule has 4 bridgehead atoms. The van der Waals surface area contributed by atoms with Gasteiger partial charge in [0.05, 0.1) is 0 Å². The topological polar surface area (TPSA) is 29.1 Å². The SMILES string of the molecule is CC1(C)CC1(CNC(=O)CC12CC3CC(CC(C3)C1)C2)c1ccc(F)cc1F. The molecule has 0 aliphatic heterocycles. The van der Waals surface area contributed by atoms with E-state index in [0.29, 0.717) is 18.5 Å². The lowest BCUT2D eigenvalue weighted by Gasteiger charge is -2.56. The van der Waals surface area contributed by atoms with Gasteiger partial charge < -0.3 is 5.32 Å². The largest absolute Gasteiger partial charge is 0.355 e. The van der Waals surface area contributed by atoms with E-state index in [-0.39, 0.29) is 16.7 Å². The Labute approximate surface area is 166 Å². The van der Waals surface area contributed by atoms with Crippen LogP contribution in [-0.2, 0) is 10.2 Å². The van der Waals surface area contributed by atoms with E-state index in [2.05, 4.69) is 19.2 Å². The molecule has 1 amide bonds. The van der Waals surface area contributed by atoms with Crippen LogP contribution in [0.1, 0.15) is 70.8 Å². The molecule has 1 atom stereocenters. The molecule has 6 rings (SSSR count). The fourth-order valence-electron chi connectivity index (χ4n) is 7.60. The minimum absolute atomic E-state index is 0.0976. The summed E-state index contributed by atoms with van der Waals surface area (Å²) in [6.45, 7) is 4.63. The molecule has 0 radical (unpaired) electrons. The molecule has 28 heavy (non-hydrogen) atoms. The maximum atomic E-state index is 14.5. The monoisotopic (exact) mass is 387 g/mol. The van der Waals surface area contributed by atoms with E-state index < -0.39 is 17.0 Å². The minimum atomic E-state index is -0.555. The molecule has 0 spiro atoms. The van der Waals surface area contributed by atoms with E-state index in [1.165, 1.54) is 44.6 Å². The molecule has 1 aromatic rings. The average Bonchev–Trinajstić information content (AvgIpc) is 3.13. The summed E-state index contributed by atoms with van der Waals surface area (Å²) in [5.41, 5.74) is 0.224. The molecule has 0 aromatic heterocycles. The number of carbonyl (C=O) groups is 1. The number of rotatable bonds is 5. The van der Waals surface area contributed by atoms with Crippen LogP contribution < -0.4 is 5.32 Å². The van der Waals surface area contributed by atoms with Gasteiger partial charge in [0.1, 0.15) is 11.6 Å². The summed E-state index contributed by atoms with van der Waals surface area (Å²) in [7, 11) is 0. The highest BCUT2D eigenvalue weighted by Crippen LogP contribution is 2.64. The first kappa shape index (κ1) is 18.6. The van der Waals surface area contributed by atoms with Crippen molar-refractivity contribution in [3.8, 4) is 0 Å². The zero-order valence-electron chi connectivity index (χ0n) is 17.0. The van der Waals surface area contributed by atoms with Crippen molar-refractivity contribution in [2.24, 2.45) is 28.6 Å². The van der Waals surface area contributed by atoms with Gasteiger partial charge in [-0.05, 0) is 85.2 Å². The molecule has 0 saturated heterocycles. The molecule has 1 N–H and O–H groups in total. The predicted octanol–water partition coefficient (Wildman–Crippen LogP) is 5.36. The van der Waals surface area contributed by atoms with E-state index in [4.69, 9.17) is 0 Å². The standard InChI is InChI=1S/C24H31F2NO/c1-22(2)13-24(22,19-4-3-18(25)8-20(19)26)14-27-21(28)12-23-9-15-5-16(10-23)7-17(6-15)11-23/h3-4,8,15-17H,5-7,9-14H2,1-2H3,(H,27,28). The summed E-state index contributed by atoms with van der Waals surface area (Å²) in [6, 6.07) is 3.85. The zero-order chi connectivity index (χ0) is 19.7. The molecular weight excluding hydrogens is 356 g/mol. The van der Waals surface area contributed by atoms with Crippen molar-refractivity contribution in [2.75, 3.05) is 6.54 Å². The van der Waals surface area contributed by atoms with Crippen LogP contribution in [0.3, 0.4) is 0 Å². The van der Waals surface area contributed by atoms with Crippen LogP contribution in [0.5, 0.6) is 0 Å². The van der Waals surface area contributed by atoms with Gasteiger partial charge in [-0.2, -0.15) is 0 Å². The molecule has 5 fully saturated rings. The normalized spacial score (nSPS) is 39.8. The van der Waals surface area contributed by atoms with Gasteiger partial charge in [-0.25, -0.2) is 8.78 Å². The van der Waals surface area contributed by atoms with E-state index in [1.54, 1.807) is 6.07 Å². The Balaban J connectivity index is 1.28. The molecule has 1 aromatic carbocycles. The van der Waals surface area contributed by atoms with Gasteiger partial charge in [-0.15, -0.1) is 0 Å². The summed E-state index contributed by atoms with van der Waals surface area (Å²) in [5.74, 6) is 1.57. The minimum Gasteiger partial charge on any atom is -0.355 e. The van der Waals surface area contributed by atoms with Gasteiger partial charge in [0.25, 0.3) is 0 Å². The molecule has 0 heterocycles. The van der Waals surface area contributed by atoms with Crippen molar-refractivity contribution >= 4 is 5.91 Å². The number of nitrogens with one attached hydrogen (secondary N) is 1. The second-order valence-electron chi connectivity index (χ2n) is 11.1. The molecule has 2 nitrogen and oxygen atoms in total. The van der Waals surface area contributed by atoms with Gasteiger partial charge in [0.2, 0.25) is 5.91 Å². The van der Waals surface area contributed by atoms with Crippen LogP contribution in [0.25, 0.3) is 0 Å². The number of halogens is 2. The maximum Gasteiger partial charge on any atom is 0.220 e. The number of carbonyl (C=O) groups excluding carboxylic acids is 1. The van der Waals surface area contributed by atoms with Crippen LogP contribution in [0.4, 0.5) is 8.78 Å². The fraction of sp³-hybridized carbons (Fsp3) is 0.708. The molecule has 1 unspecified atom stereocenters. The number of benzene rings is 1. The van der Waals surface area contributed by atoms with Crippen LogP contribution >= 0.6 is 0 Å². The summed E-state index contributed by atoms with van der Waals surface area (Å²) in [4.78, 5) is 12.9. The first-order valence-electron chi connectivity index (χ1n) is 10.9. The quantitative estimate of drug-likeness (QED) is 0.724. The summed E-state index contributed by atoms with van der Waals surface area (Å²) < 4.78 is 27.9. The van der Waals surface area contributed by atoms with Crippen molar-refractivity contribution < 1.29 is 13.6 Å². The lowest BCUT2D eigenvalue weighted by molar-refractivity contribution is -0.129. The van der Waals surface area contributed by atoms with Crippen molar-refractivity contribution in [1.82, 2.24) is 5.32 Å². The molecule has 5 aliphatic rings. The Kier molecular flexibility index (Phi) is 4.00. The van der Waals surface area contributed by atoms with Gasteiger partial charge in [0.15, 0.2) is 0 Å². The summed E-state index contributed by atoms with van der Waals surface area (Å²) in [5, 5.41) is 3.16. The van der Waals surface area contributed by atoms with Crippen LogP contribution in [0.2, 0.25) is 0 Å². The second kappa shape index (κ2) is 6.03. The third-order valence-electron chi connectivity index (χ3n) is 8.65. The van der Waals surface area contributed by atoms with Crippen molar-refractivity contribution in [2.45, 2.75) is 70.6 Å². The third-order valence-corrected chi connectivity index (χ3v) is 8.65. The van der Waals surface area contributed by atoms with E-state index in [0.717, 1.165) is 30.2 Å². The Morgan fingerprint density at radius 1 is 1.07 bits per heavy atom. The number of hydrogen-bond acceptors (Lipinski definition) is 1. The first-order chi connectivity index (χ1) is 13.2. The molecule has 152 valence electrons. The third kappa shape index (κ3) is 2.90. The Bertz CT molecular complexity index is 782. The summed E-state index contributed by atoms with van der Waals surface area (Å²) >= 11 is 0. The smallest absolute Gasteiger partial charge is 0.220 e. The molecule has 5 saturated carbocycles. The Morgan fingerprint density at radius 3 is 2.14 bits per heavy atom. The van der Waals surface area contributed by atoms with Crippen LogP contribution in [-0.4, -0.2) is 12.5 Å². The van der Waals surface area contributed by atoms with Gasteiger partial charge in [-0.3, -0.25) is 4.79 Å². The molecular formula is C24H31F2NO. The highest BCUT2D eigenvalue weighted by molar-refractivity contribution is 5.77.